The van der Waals surface area contributed by atoms with Crippen molar-refractivity contribution in [2.45, 2.75) is 39.7 Å². The lowest BCUT2D eigenvalue weighted by atomic mass is 10.1. The van der Waals surface area contributed by atoms with Crippen molar-refractivity contribution in [2.75, 3.05) is 6.54 Å². The summed E-state index contributed by atoms with van der Waals surface area (Å²) in [6.45, 7) is 4.54. The molecule has 0 saturated carbocycles. The second-order valence-electron chi connectivity index (χ2n) is 5.63. The number of hydrogen-bond donors (Lipinski definition) is 0. The van der Waals surface area contributed by atoms with E-state index in [4.69, 9.17) is 0 Å². The standard InChI is InChI=1S/C17H19N3O3S/c1-3-11-6-5-7-12-16(11)19(4-2)17(24-12)18-13(21)10-20-14(22)8-9-15(20)23/h5-7H,3-4,8-10H2,1-2H3. The first-order chi connectivity index (χ1) is 11.5. The van der Waals surface area contributed by atoms with Crippen LogP contribution in [0.1, 0.15) is 32.3 Å². The molecule has 24 heavy (non-hydrogen) atoms. The topological polar surface area (TPSA) is 71.7 Å². The maximum Gasteiger partial charge on any atom is 0.268 e. The van der Waals surface area contributed by atoms with Crippen LogP contribution in [0.15, 0.2) is 23.2 Å². The summed E-state index contributed by atoms with van der Waals surface area (Å²) >= 11 is 1.45. The number of aryl methyl sites for hydroxylation is 2. The van der Waals surface area contributed by atoms with Gasteiger partial charge in [0.05, 0.1) is 10.2 Å². The smallest absolute Gasteiger partial charge is 0.268 e. The third-order valence-electron chi connectivity index (χ3n) is 4.15. The second kappa shape index (κ2) is 6.68. The molecule has 3 rings (SSSR count). The normalized spacial score (nSPS) is 15.8. The number of carbonyl (C=O) groups is 3. The van der Waals surface area contributed by atoms with Crippen LogP contribution >= 0.6 is 11.3 Å². The van der Waals surface area contributed by atoms with Crippen LogP contribution < -0.4 is 4.80 Å². The molecule has 0 spiro atoms. The Kier molecular flexibility index (Phi) is 4.62. The molecule has 0 radical (unpaired) electrons. The number of rotatable bonds is 4. The van der Waals surface area contributed by atoms with E-state index >= 15 is 0 Å². The fourth-order valence-electron chi connectivity index (χ4n) is 2.94. The molecule has 3 amide bonds. The van der Waals surface area contributed by atoms with E-state index in [9.17, 15) is 14.4 Å². The van der Waals surface area contributed by atoms with Gasteiger partial charge in [0, 0.05) is 19.4 Å². The first kappa shape index (κ1) is 16.6. The summed E-state index contributed by atoms with van der Waals surface area (Å²) in [5.74, 6) is -1.06. The molecule has 1 fully saturated rings. The lowest BCUT2D eigenvalue weighted by Crippen LogP contribution is -2.34. The van der Waals surface area contributed by atoms with Crippen molar-refractivity contribution in [1.29, 1.82) is 0 Å². The average molecular weight is 345 g/mol. The fraction of sp³-hybridized carbons (Fsp3) is 0.412. The molecule has 2 aromatic rings. The van der Waals surface area contributed by atoms with Gasteiger partial charge in [-0.1, -0.05) is 30.4 Å². The molecule has 0 aliphatic carbocycles. The van der Waals surface area contributed by atoms with E-state index in [-0.39, 0.29) is 31.2 Å². The Bertz CT molecular complexity index is 878. The number of nitrogens with zero attached hydrogens (tertiary/aromatic N) is 3. The first-order valence-corrected chi connectivity index (χ1v) is 8.88. The molecule has 1 saturated heterocycles. The second-order valence-corrected chi connectivity index (χ2v) is 6.63. The van der Waals surface area contributed by atoms with Crippen LogP contribution in [0.4, 0.5) is 0 Å². The third kappa shape index (κ3) is 2.91. The number of hydrogen-bond acceptors (Lipinski definition) is 4. The first-order valence-electron chi connectivity index (χ1n) is 8.07. The van der Waals surface area contributed by atoms with Gasteiger partial charge in [-0.3, -0.25) is 19.3 Å². The molecule has 2 heterocycles. The highest BCUT2D eigenvalue weighted by molar-refractivity contribution is 7.16. The van der Waals surface area contributed by atoms with Crippen LogP contribution in [-0.4, -0.2) is 33.7 Å². The summed E-state index contributed by atoms with van der Waals surface area (Å²) < 4.78 is 3.10. The van der Waals surface area contributed by atoms with Gasteiger partial charge >= 0.3 is 0 Å². The average Bonchev–Trinajstić information content (AvgIpc) is 3.08. The Hall–Kier alpha value is -2.28. The Labute approximate surface area is 143 Å². The van der Waals surface area contributed by atoms with Crippen LogP contribution in [0, 0.1) is 0 Å². The summed E-state index contributed by atoms with van der Waals surface area (Å²) in [4.78, 5) is 41.3. The molecule has 1 aliphatic heterocycles. The maximum atomic E-state index is 12.2. The molecule has 1 aromatic heterocycles. The molecule has 6 nitrogen and oxygen atoms in total. The van der Waals surface area contributed by atoms with E-state index in [0.29, 0.717) is 11.3 Å². The number of imide groups is 1. The van der Waals surface area contributed by atoms with Crippen LogP contribution in [-0.2, 0) is 27.3 Å². The van der Waals surface area contributed by atoms with Gasteiger partial charge in [-0.25, -0.2) is 0 Å². The monoisotopic (exact) mass is 345 g/mol. The van der Waals surface area contributed by atoms with Crippen molar-refractivity contribution in [1.82, 2.24) is 9.47 Å². The van der Waals surface area contributed by atoms with Gasteiger partial charge in [0.2, 0.25) is 11.8 Å². The molecular weight excluding hydrogens is 326 g/mol. The van der Waals surface area contributed by atoms with Crippen molar-refractivity contribution >= 4 is 39.3 Å². The zero-order valence-electron chi connectivity index (χ0n) is 13.7. The summed E-state index contributed by atoms with van der Waals surface area (Å²) in [6.07, 6.45) is 1.27. The highest BCUT2D eigenvalue weighted by Crippen LogP contribution is 2.22. The summed E-state index contributed by atoms with van der Waals surface area (Å²) in [5, 5.41) is 0. The maximum absolute atomic E-state index is 12.2. The van der Waals surface area contributed by atoms with E-state index in [1.807, 2.05) is 23.6 Å². The molecule has 126 valence electrons. The molecule has 1 aliphatic rings. The predicted molar refractivity (Wildman–Crippen MR) is 91.4 cm³/mol. The Balaban J connectivity index is 1.99. The van der Waals surface area contributed by atoms with Crippen LogP contribution in [0.25, 0.3) is 10.2 Å². The van der Waals surface area contributed by atoms with Crippen molar-refractivity contribution in [2.24, 2.45) is 4.99 Å². The molecule has 0 atom stereocenters. The zero-order chi connectivity index (χ0) is 17.3. The van der Waals surface area contributed by atoms with Gasteiger partial charge in [-0.15, -0.1) is 0 Å². The van der Waals surface area contributed by atoms with E-state index in [0.717, 1.165) is 21.5 Å². The van der Waals surface area contributed by atoms with Gasteiger partial charge < -0.3 is 4.57 Å². The highest BCUT2D eigenvalue weighted by atomic mass is 32.1. The molecule has 1 aromatic carbocycles. The SMILES string of the molecule is CCc1cccc2sc(=NC(=O)CN3C(=O)CCC3=O)n(CC)c12. The van der Waals surface area contributed by atoms with Crippen molar-refractivity contribution < 1.29 is 14.4 Å². The minimum Gasteiger partial charge on any atom is -0.316 e. The van der Waals surface area contributed by atoms with Crippen molar-refractivity contribution in [3.63, 3.8) is 0 Å². The quantitative estimate of drug-likeness (QED) is 0.794. The van der Waals surface area contributed by atoms with Crippen LogP contribution in [0.3, 0.4) is 0 Å². The van der Waals surface area contributed by atoms with Gasteiger partial charge in [0.15, 0.2) is 4.80 Å². The number of amides is 3. The summed E-state index contributed by atoms with van der Waals surface area (Å²) in [5.41, 5.74) is 2.32. The number of aromatic nitrogens is 1. The minimum absolute atomic E-state index is 0.184. The number of para-hydroxylation sites is 1. The largest absolute Gasteiger partial charge is 0.316 e. The third-order valence-corrected chi connectivity index (χ3v) is 5.19. The lowest BCUT2D eigenvalue weighted by molar-refractivity contribution is -0.141. The molecule has 0 N–H and O–H groups in total. The van der Waals surface area contributed by atoms with E-state index in [1.165, 1.54) is 16.9 Å². The van der Waals surface area contributed by atoms with E-state index in [1.54, 1.807) is 0 Å². The minimum atomic E-state index is -0.467. The van der Waals surface area contributed by atoms with Crippen LogP contribution in [0.5, 0.6) is 0 Å². The van der Waals surface area contributed by atoms with Crippen molar-refractivity contribution in [3.8, 4) is 0 Å². The Morgan fingerprint density at radius 3 is 2.54 bits per heavy atom. The number of benzene rings is 1. The fourth-order valence-corrected chi connectivity index (χ4v) is 4.10. The molecular formula is C17H19N3O3S. The zero-order valence-corrected chi connectivity index (χ0v) is 14.6. The van der Waals surface area contributed by atoms with Gasteiger partial charge in [-0.05, 0) is 25.0 Å². The number of carbonyl (C=O) groups excluding carboxylic acids is 3. The number of thiazole rings is 1. The Morgan fingerprint density at radius 1 is 1.21 bits per heavy atom. The Morgan fingerprint density at radius 2 is 1.92 bits per heavy atom. The van der Waals surface area contributed by atoms with E-state index in [2.05, 4.69) is 18.0 Å². The number of likely N-dealkylation sites (tertiary alicyclic amines) is 1. The molecule has 0 unspecified atom stereocenters. The lowest BCUT2D eigenvalue weighted by Gasteiger charge is -2.10. The van der Waals surface area contributed by atoms with Gasteiger partial charge in [0.1, 0.15) is 6.54 Å². The predicted octanol–water partition coefficient (Wildman–Crippen LogP) is 1.86. The summed E-state index contributed by atoms with van der Waals surface area (Å²) in [7, 11) is 0. The highest BCUT2D eigenvalue weighted by Gasteiger charge is 2.30. The van der Waals surface area contributed by atoms with Gasteiger partial charge in [0.25, 0.3) is 5.91 Å². The van der Waals surface area contributed by atoms with Crippen LogP contribution in [0.2, 0.25) is 0 Å². The summed E-state index contributed by atoms with van der Waals surface area (Å²) in [6, 6.07) is 6.10. The van der Waals surface area contributed by atoms with E-state index < -0.39 is 5.91 Å². The molecule has 7 heteroatoms. The van der Waals surface area contributed by atoms with Gasteiger partial charge in [-0.2, -0.15) is 4.99 Å². The number of fused-ring (bicyclic) bond motifs is 1. The van der Waals surface area contributed by atoms with Crippen molar-refractivity contribution in [3.05, 3.63) is 28.6 Å². The molecule has 0 bridgehead atoms.